The maximum absolute atomic E-state index is 13.5. The molecule has 0 unspecified atom stereocenters. The highest BCUT2D eigenvalue weighted by Crippen LogP contribution is 2.35. The molecule has 11 nitrogen and oxygen atoms in total. The van der Waals surface area contributed by atoms with Gasteiger partial charge < -0.3 is 18.6 Å². The van der Waals surface area contributed by atoms with Crippen LogP contribution in [0.1, 0.15) is 31.2 Å². The molecule has 3 heterocycles. The Morgan fingerprint density at radius 3 is 2.63 bits per heavy atom. The van der Waals surface area contributed by atoms with E-state index in [2.05, 4.69) is 4.99 Å². The van der Waals surface area contributed by atoms with Crippen molar-refractivity contribution in [2.24, 2.45) is 4.99 Å². The van der Waals surface area contributed by atoms with Crippen molar-refractivity contribution in [2.45, 2.75) is 19.9 Å². The van der Waals surface area contributed by atoms with Crippen LogP contribution >= 0.6 is 11.3 Å². The molecule has 4 rings (SSSR count). The first-order valence-corrected chi connectivity index (χ1v) is 11.4. The minimum atomic E-state index is -0.846. The van der Waals surface area contributed by atoms with Crippen molar-refractivity contribution in [3.05, 3.63) is 83.2 Å². The summed E-state index contributed by atoms with van der Waals surface area (Å²) in [6.07, 6.45) is 2.78. The van der Waals surface area contributed by atoms with E-state index in [-0.39, 0.29) is 15.9 Å². The van der Waals surface area contributed by atoms with Crippen molar-refractivity contribution in [2.75, 3.05) is 20.3 Å². The van der Waals surface area contributed by atoms with Gasteiger partial charge in [-0.3, -0.25) is 19.5 Å². The molecular formula is C23H21N3O8S. The number of methoxy groups -OCH3 is 1. The second-order valence-corrected chi connectivity index (χ2v) is 8.19. The third-order valence-electron chi connectivity index (χ3n) is 5.07. The quantitative estimate of drug-likeness (QED) is 0.262. The Kier molecular flexibility index (Phi) is 6.82. The number of benzene rings is 1. The van der Waals surface area contributed by atoms with Crippen molar-refractivity contribution in [3.63, 3.8) is 0 Å². The number of carbonyl (C=O) groups excluding carboxylic acids is 1. The van der Waals surface area contributed by atoms with Gasteiger partial charge in [0.25, 0.3) is 5.56 Å². The summed E-state index contributed by atoms with van der Waals surface area (Å²) in [7, 11) is 1.25. The number of carbonyl (C=O) groups is 1. The van der Waals surface area contributed by atoms with Gasteiger partial charge >= 0.3 is 11.9 Å². The molecule has 35 heavy (non-hydrogen) atoms. The van der Waals surface area contributed by atoms with E-state index in [1.165, 1.54) is 36.1 Å². The number of ether oxygens (including phenoxy) is 3. The van der Waals surface area contributed by atoms with Gasteiger partial charge in [0.2, 0.25) is 0 Å². The average Bonchev–Trinajstić information content (AvgIpc) is 3.44. The fourth-order valence-corrected chi connectivity index (χ4v) is 4.58. The van der Waals surface area contributed by atoms with E-state index in [0.717, 1.165) is 11.3 Å². The van der Waals surface area contributed by atoms with Gasteiger partial charge in [-0.1, -0.05) is 17.4 Å². The lowest BCUT2D eigenvalue weighted by Crippen LogP contribution is -2.39. The number of furan rings is 1. The van der Waals surface area contributed by atoms with Gasteiger partial charge in [-0.15, -0.1) is 0 Å². The molecule has 12 heteroatoms. The summed E-state index contributed by atoms with van der Waals surface area (Å²) in [5.74, 6) is 0.0752. The van der Waals surface area contributed by atoms with Crippen LogP contribution in [-0.4, -0.2) is 35.8 Å². The normalized spacial score (nSPS) is 15.1. The van der Waals surface area contributed by atoms with Gasteiger partial charge in [0.1, 0.15) is 10.7 Å². The minimum Gasteiger partial charge on any atom is -0.490 e. The Hall–Kier alpha value is -4.19. The molecule has 3 aromatic rings. The summed E-state index contributed by atoms with van der Waals surface area (Å²) >= 11 is 1.07. The summed E-state index contributed by atoms with van der Waals surface area (Å²) in [6.45, 7) is 4.52. The lowest BCUT2D eigenvalue weighted by molar-refractivity contribution is -0.402. The first-order chi connectivity index (χ1) is 16.9. The minimum absolute atomic E-state index is 0.144. The zero-order valence-electron chi connectivity index (χ0n) is 19.0. The third-order valence-corrected chi connectivity index (χ3v) is 6.07. The lowest BCUT2D eigenvalue weighted by Gasteiger charge is -2.23. The molecule has 0 bridgehead atoms. The molecule has 0 fully saturated rings. The molecule has 1 aromatic carbocycles. The van der Waals surface area contributed by atoms with Crippen molar-refractivity contribution >= 4 is 29.3 Å². The van der Waals surface area contributed by atoms with Crippen molar-refractivity contribution in [3.8, 4) is 11.5 Å². The molecule has 0 radical (unpaired) electrons. The Labute approximate surface area is 202 Å². The van der Waals surface area contributed by atoms with E-state index in [0.29, 0.717) is 35.1 Å². The van der Waals surface area contributed by atoms with E-state index in [1.54, 1.807) is 18.2 Å². The number of fused-ring (bicyclic) bond motifs is 1. The van der Waals surface area contributed by atoms with Crippen LogP contribution in [0, 0.1) is 10.1 Å². The highest BCUT2D eigenvalue weighted by atomic mass is 32.1. The monoisotopic (exact) mass is 499 g/mol. The third kappa shape index (κ3) is 4.60. The summed E-state index contributed by atoms with van der Waals surface area (Å²) in [5.41, 5.74) is 0.302. The van der Waals surface area contributed by atoms with E-state index < -0.39 is 28.4 Å². The number of aromatic nitrogens is 1. The molecule has 0 amide bonds. The van der Waals surface area contributed by atoms with Crippen LogP contribution in [0.25, 0.3) is 6.08 Å². The standard InChI is InChI=1S/C23H21N3O8S/c1-4-32-16-8-6-13(10-17(16)33-5-2)20-15(22(28)31-3)12-24-23-25(20)21(27)18(35-23)11-14-7-9-19(34-14)26(29)30/h6-12,20H,4-5H2,1-3H3/b18-11-/t20-/m1/s1. The van der Waals surface area contributed by atoms with Gasteiger partial charge in [-0.25, -0.2) is 9.79 Å². The number of hydrogen-bond donors (Lipinski definition) is 0. The van der Waals surface area contributed by atoms with Gasteiger partial charge in [-0.2, -0.15) is 0 Å². The molecule has 1 atom stereocenters. The highest BCUT2D eigenvalue weighted by Gasteiger charge is 2.31. The zero-order valence-corrected chi connectivity index (χ0v) is 19.9. The maximum Gasteiger partial charge on any atom is 0.433 e. The average molecular weight is 500 g/mol. The zero-order chi connectivity index (χ0) is 25.1. The van der Waals surface area contributed by atoms with Crippen molar-refractivity contribution in [1.82, 2.24) is 4.57 Å². The summed E-state index contributed by atoms with van der Waals surface area (Å²) in [4.78, 5) is 40.9. The Bertz CT molecular complexity index is 1500. The van der Waals surface area contributed by atoms with Gasteiger partial charge in [0.05, 0.1) is 42.5 Å². The predicted molar refractivity (Wildman–Crippen MR) is 125 cm³/mol. The molecule has 2 aromatic heterocycles. The van der Waals surface area contributed by atoms with Crippen LogP contribution in [0.2, 0.25) is 0 Å². The van der Waals surface area contributed by atoms with Crippen LogP contribution in [0.5, 0.6) is 11.5 Å². The number of nitro groups is 1. The van der Waals surface area contributed by atoms with Gasteiger partial charge in [0, 0.05) is 12.3 Å². The summed E-state index contributed by atoms with van der Waals surface area (Å²) in [5, 5.41) is 10.9. The highest BCUT2D eigenvalue weighted by molar-refractivity contribution is 7.07. The smallest absolute Gasteiger partial charge is 0.433 e. The predicted octanol–water partition coefficient (Wildman–Crippen LogP) is 2.32. The van der Waals surface area contributed by atoms with E-state index in [1.807, 2.05) is 13.8 Å². The fraction of sp³-hybridized carbons (Fsp3) is 0.261. The maximum atomic E-state index is 13.5. The molecule has 1 aliphatic rings. The molecular weight excluding hydrogens is 478 g/mol. The molecule has 0 spiro atoms. The van der Waals surface area contributed by atoms with Crippen LogP contribution in [-0.2, 0) is 9.53 Å². The van der Waals surface area contributed by atoms with Gasteiger partial charge in [0.15, 0.2) is 16.3 Å². The van der Waals surface area contributed by atoms with E-state index in [4.69, 9.17) is 18.6 Å². The van der Waals surface area contributed by atoms with Crippen molar-refractivity contribution in [1.29, 1.82) is 0 Å². The molecule has 0 saturated carbocycles. The number of nitrogens with zero attached hydrogens (tertiary/aromatic N) is 3. The fourth-order valence-electron chi connectivity index (χ4n) is 3.63. The molecule has 0 aliphatic carbocycles. The molecule has 0 saturated heterocycles. The summed E-state index contributed by atoms with van der Waals surface area (Å²) < 4.78 is 23.1. The topological polar surface area (TPSA) is 135 Å². The first-order valence-electron chi connectivity index (χ1n) is 10.6. The van der Waals surface area contributed by atoms with Crippen molar-refractivity contribution < 1.29 is 28.3 Å². The van der Waals surface area contributed by atoms with Crippen LogP contribution in [0.15, 0.2) is 56.3 Å². The Morgan fingerprint density at radius 2 is 1.97 bits per heavy atom. The van der Waals surface area contributed by atoms with Crippen LogP contribution < -0.4 is 24.4 Å². The van der Waals surface area contributed by atoms with Gasteiger partial charge in [-0.05, 0) is 37.6 Å². The number of thiazole rings is 1. The molecule has 182 valence electrons. The second kappa shape index (κ2) is 9.97. The Balaban J connectivity index is 1.89. The SMILES string of the molecule is CCOc1ccc([C@@H]2C(C(=O)OC)=CN=c3s/c(=C\c4ccc([N+](=O)[O-])o4)c(=O)n32)cc1OCC. The molecule has 0 N–H and O–H groups in total. The Morgan fingerprint density at radius 1 is 1.23 bits per heavy atom. The summed E-state index contributed by atoms with van der Waals surface area (Å²) in [6, 6.07) is 6.94. The van der Waals surface area contributed by atoms with Crippen LogP contribution in [0.4, 0.5) is 5.88 Å². The number of esters is 1. The number of rotatable bonds is 8. The first kappa shape index (κ1) is 24.0. The van der Waals surface area contributed by atoms with E-state index in [9.17, 15) is 19.7 Å². The molecule has 1 aliphatic heterocycles. The van der Waals surface area contributed by atoms with E-state index >= 15 is 0 Å². The number of hydrogen-bond acceptors (Lipinski definition) is 10. The lowest BCUT2D eigenvalue weighted by atomic mass is 9.97. The largest absolute Gasteiger partial charge is 0.490 e. The van der Waals surface area contributed by atoms with Crippen LogP contribution in [0.3, 0.4) is 0 Å². The second-order valence-electron chi connectivity index (χ2n) is 7.18.